The molecule has 0 saturated carbocycles. The molecule has 32 heavy (non-hydrogen) atoms. The third-order valence-corrected chi connectivity index (χ3v) is 6.00. The van der Waals surface area contributed by atoms with Gasteiger partial charge in [-0.3, -0.25) is 9.78 Å². The van der Waals surface area contributed by atoms with Crippen LogP contribution in [0.1, 0.15) is 18.4 Å². The van der Waals surface area contributed by atoms with Crippen LogP contribution in [-0.2, 0) is 4.79 Å². The molecule has 1 aromatic heterocycles. The monoisotopic (exact) mass is 450 g/mol. The van der Waals surface area contributed by atoms with Gasteiger partial charge >= 0.3 is 0 Å². The summed E-state index contributed by atoms with van der Waals surface area (Å²) in [5.74, 6) is 1.08. The molecule has 2 aromatic carbocycles. The summed E-state index contributed by atoms with van der Waals surface area (Å²) >= 11 is 6.07. The maximum atomic E-state index is 12.9. The molecule has 1 N–H and O–H groups in total. The Labute approximate surface area is 191 Å². The Kier molecular flexibility index (Phi) is 6.33. The summed E-state index contributed by atoms with van der Waals surface area (Å²) in [6.45, 7) is 1.31. The first-order valence-electron chi connectivity index (χ1n) is 10.3. The summed E-state index contributed by atoms with van der Waals surface area (Å²) in [5.41, 5.74) is 2.71. The van der Waals surface area contributed by atoms with Crippen LogP contribution in [0.3, 0.4) is 0 Å². The molecule has 1 fully saturated rings. The lowest BCUT2D eigenvalue weighted by molar-refractivity contribution is -0.120. The van der Waals surface area contributed by atoms with Crippen LogP contribution in [0.5, 0.6) is 11.5 Å². The van der Waals surface area contributed by atoms with Gasteiger partial charge < -0.3 is 19.7 Å². The number of carbonyl (C=O) groups is 1. The highest BCUT2D eigenvalue weighted by atomic mass is 35.5. The molecule has 8 heteroatoms. The molecule has 1 aliphatic heterocycles. The van der Waals surface area contributed by atoms with Gasteiger partial charge in [0.05, 0.1) is 36.7 Å². The van der Waals surface area contributed by atoms with Gasteiger partial charge in [0.2, 0.25) is 5.91 Å². The number of carbonyl (C=O) groups excluding carboxylic acids is 1. The second-order valence-electron chi connectivity index (χ2n) is 7.61. The van der Waals surface area contributed by atoms with Crippen molar-refractivity contribution < 1.29 is 14.3 Å². The van der Waals surface area contributed by atoms with Crippen molar-refractivity contribution in [2.45, 2.75) is 12.8 Å². The van der Waals surface area contributed by atoms with Crippen LogP contribution >= 0.6 is 11.6 Å². The maximum Gasteiger partial charge on any atom is 0.227 e. The molecule has 0 bridgehead atoms. The third kappa shape index (κ3) is 4.27. The minimum atomic E-state index is -0.145. The van der Waals surface area contributed by atoms with Crippen molar-refractivity contribution in [3.8, 4) is 17.6 Å². The minimum Gasteiger partial charge on any atom is -0.497 e. The molecule has 0 radical (unpaired) electrons. The lowest BCUT2D eigenvalue weighted by Crippen LogP contribution is -2.38. The Bertz CT molecular complexity index is 1200. The van der Waals surface area contributed by atoms with E-state index in [0.29, 0.717) is 53.7 Å². The number of hydrogen-bond acceptors (Lipinski definition) is 6. The number of methoxy groups -OCH3 is 2. The van der Waals surface area contributed by atoms with E-state index in [9.17, 15) is 10.1 Å². The van der Waals surface area contributed by atoms with E-state index in [0.717, 1.165) is 16.6 Å². The van der Waals surface area contributed by atoms with E-state index in [-0.39, 0.29) is 11.8 Å². The molecular weight excluding hydrogens is 428 g/mol. The molecule has 164 valence electrons. The number of nitrogens with one attached hydrogen (secondary N) is 1. The number of hydrogen-bond donors (Lipinski definition) is 1. The zero-order valence-corrected chi connectivity index (χ0v) is 18.6. The number of rotatable bonds is 5. The van der Waals surface area contributed by atoms with Gasteiger partial charge in [-0.25, -0.2) is 0 Å². The van der Waals surface area contributed by atoms with E-state index in [4.69, 9.17) is 21.1 Å². The Morgan fingerprint density at radius 2 is 1.97 bits per heavy atom. The average molecular weight is 451 g/mol. The fourth-order valence-corrected chi connectivity index (χ4v) is 4.26. The molecule has 0 unspecified atom stereocenters. The van der Waals surface area contributed by atoms with Crippen molar-refractivity contribution in [2.24, 2.45) is 5.92 Å². The van der Waals surface area contributed by atoms with Crippen molar-refractivity contribution in [2.75, 3.05) is 37.5 Å². The third-order valence-electron chi connectivity index (χ3n) is 5.77. The second-order valence-corrected chi connectivity index (χ2v) is 8.05. The van der Waals surface area contributed by atoms with Gasteiger partial charge in [-0.05, 0) is 43.2 Å². The smallest absolute Gasteiger partial charge is 0.227 e. The highest BCUT2D eigenvalue weighted by molar-refractivity contribution is 6.31. The molecule has 3 aromatic rings. The Balaban J connectivity index is 1.52. The fraction of sp³-hybridized carbons (Fsp3) is 0.292. The van der Waals surface area contributed by atoms with Crippen LogP contribution in [0.4, 0.5) is 11.4 Å². The van der Waals surface area contributed by atoms with Crippen molar-refractivity contribution >= 4 is 39.8 Å². The zero-order chi connectivity index (χ0) is 22.7. The number of anilines is 2. The number of halogens is 1. The number of benzene rings is 2. The van der Waals surface area contributed by atoms with Crippen molar-refractivity contribution in [1.82, 2.24) is 4.98 Å². The largest absolute Gasteiger partial charge is 0.497 e. The number of nitriles is 1. The summed E-state index contributed by atoms with van der Waals surface area (Å²) in [7, 11) is 3.17. The normalized spacial score (nSPS) is 14.1. The van der Waals surface area contributed by atoms with Crippen molar-refractivity contribution in [1.29, 1.82) is 5.26 Å². The molecule has 1 aliphatic rings. The van der Waals surface area contributed by atoms with E-state index >= 15 is 0 Å². The molecule has 1 amide bonds. The second kappa shape index (κ2) is 9.33. The topological polar surface area (TPSA) is 87.5 Å². The summed E-state index contributed by atoms with van der Waals surface area (Å²) < 4.78 is 10.6. The highest BCUT2D eigenvalue weighted by Crippen LogP contribution is 2.35. The molecule has 2 heterocycles. The van der Waals surface area contributed by atoms with Crippen LogP contribution in [0.2, 0.25) is 5.02 Å². The molecule has 0 spiro atoms. The van der Waals surface area contributed by atoms with Crippen LogP contribution in [0.25, 0.3) is 10.9 Å². The molecule has 0 aliphatic carbocycles. The number of ether oxygens (including phenoxy) is 2. The first kappa shape index (κ1) is 21.7. The number of amides is 1. The Morgan fingerprint density at radius 3 is 2.66 bits per heavy atom. The van der Waals surface area contributed by atoms with Crippen molar-refractivity contribution in [3.63, 3.8) is 0 Å². The van der Waals surface area contributed by atoms with E-state index in [1.165, 1.54) is 0 Å². The lowest BCUT2D eigenvalue weighted by atomic mass is 9.94. The van der Waals surface area contributed by atoms with Crippen LogP contribution in [0, 0.1) is 17.2 Å². The number of pyridine rings is 1. The number of piperidine rings is 1. The summed E-state index contributed by atoms with van der Waals surface area (Å²) in [6.07, 6.45) is 2.93. The van der Waals surface area contributed by atoms with Gasteiger partial charge in [0.15, 0.2) is 0 Å². The quantitative estimate of drug-likeness (QED) is 0.609. The molecule has 1 saturated heterocycles. The number of aromatic nitrogens is 1. The van der Waals surface area contributed by atoms with E-state index in [2.05, 4.69) is 21.3 Å². The van der Waals surface area contributed by atoms with Gasteiger partial charge in [0.25, 0.3) is 0 Å². The first-order chi connectivity index (χ1) is 15.5. The first-order valence-corrected chi connectivity index (χ1v) is 10.7. The lowest BCUT2D eigenvalue weighted by Gasteiger charge is -2.34. The van der Waals surface area contributed by atoms with Gasteiger partial charge in [0.1, 0.15) is 17.6 Å². The van der Waals surface area contributed by atoms with E-state index < -0.39 is 0 Å². The Hall–Kier alpha value is -3.50. The van der Waals surface area contributed by atoms with Gasteiger partial charge in [-0.15, -0.1) is 0 Å². The van der Waals surface area contributed by atoms with Gasteiger partial charge in [-0.1, -0.05) is 11.6 Å². The molecular formula is C24H23ClN4O3. The van der Waals surface area contributed by atoms with Crippen molar-refractivity contribution in [3.05, 3.63) is 53.2 Å². The highest BCUT2D eigenvalue weighted by Gasteiger charge is 2.28. The fourth-order valence-electron chi connectivity index (χ4n) is 4.09. The number of fused-ring (bicyclic) bond motifs is 1. The minimum absolute atomic E-state index is 0.0601. The average Bonchev–Trinajstić information content (AvgIpc) is 2.83. The molecule has 7 nitrogen and oxygen atoms in total. The van der Waals surface area contributed by atoms with Crippen LogP contribution < -0.4 is 19.7 Å². The van der Waals surface area contributed by atoms with Crippen LogP contribution in [-0.4, -0.2) is 38.2 Å². The Morgan fingerprint density at radius 1 is 1.19 bits per heavy atom. The van der Waals surface area contributed by atoms with Gasteiger partial charge in [0, 0.05) is 41.7 Å². The SMILES string of the molecule is COc1ccc2c(N3CCC(C(=O)Nc4cc(Cl)ccc4OC)CC3)c(C#N)cnc2c1. The summed E-state index contributed by atoms with van der Waals surface area (Å²) in [5, 5.41) is 14.0. The molecule has 4 rings (SSSR count). The predicted octanol–water partition coefficient (Wildman–Crippen LogP) is 4.63. The van der Waals surface area contributed by atoms with E-state index in [1.807, 2.05) is 18.2 Å². The predicted molar refractivity (Wildman–Crippen MR) is 125 cm³/mol. The van der Waals surface area contributed by atoms with Gasteiger partial charge in [-0.2, -0.15) is 5.26 Å². The number of nitrogens with zero attached hydrogens (tertiary/aromatic N) is 3. The maximum absolute atomic E-state index is 12.9. The van der Waals surface area contributed by atoms with Crippen LogP contribution in [0.15, 0.2) is 42.6 Å². The standard InChI is InChI=1S/C24H23ClN4O3/c1-31-18-4-5-19-20(12-18)27-14-16(13-26)23(19)29-9-7-15(8-10-29)24(30)28-21-11-17(25)3-6-22(21)32-2/h3-6,11-12,14-15H,7-10H2,1-2H3,(H,28,30). The zero-order valence-electron chi connectivity index (χ0n) is 17.9. The summed E-state index contributed by atoms with van der Waals surface area (Å²) in [4.78, 5) is 19.5. The summed E-state index contributed by atoms with van der Waals surface area (Å²) in [6, 6.07) is 13.0. The van der Waals surface area contributed by atoms with E-state index in [1.54, 1.807) is 38.6 Å². The molecule has 0 atom stereocenters.